The topological polar surface area (TPSA) is 117 Å². The third-order valence-corrected chi connectivity index (χ3v) is 6.27. The molecule has 0 saturated heterocycles. The molecule has 2 aromatic heterocycles. The molecule has 39 heavy (non-hydrogen) atoms. The highest BCUT2D eigenvalue weighted by molar-refractivity contribution is 6.04. The van der Waals surface area contributed by atoms with Gasteiger partial charge in [0.1, 0.15) is 5.54 Å². The van der Waals surface area contributed by atoms with Crippen molar-refractivity contribution in [3.63, 3.8) is 0 Å². The third-order valence-electron chi connectivity index (χ3n) is 6.27. The van der Waals surface area contributed by atoms with Gasteiger partial charge in [-0.15, -0.1) is 0 Å². The van der Waals surface area contributed by atoms with Crippen LogP contribution in [0.1, 0.15) is 30.7 Å². The maximum atomic E-state index is 13.1. The number of rotatable bonds is 9. The van der Waals surface area contributed by atoms with E-state index in [-0.39, 0.29) is 23.2 Å². The second-order valence-electron chi connectivity index (χ2n) is 9.72. The van der Waals surface area contributed by atoms with E-state index in [1.165, 1.54) is 6.08 Å². The Hall–Kier alpha value is -4.79. The summed E-state index contributed by atoms with van der Waals surface area (Å²) in [6.07, 6.45) is 5.47. The summed E-state index contributed by atoms with van der Waals surface area (Å²) in [5.41, 5.74) is 1.47. The molecule has 2 N–H and O–H groups in total. The van der Waals surface area contributed by atoms with Crippen molar-refractivity contribution in [1.82, 2.24) is 14.9 Å². The second-order valence-corrected chi connectivity index (χ2v) is 9.72. The lowest BCUT2D eigenvalue weighted by molar-refractivity contribution is -0.133. The van der Waals surface area contributed by atoms with Gasteiger partial charge in [0.15, 0.2) is 0 Å². The predicted molar refractivity (Wildman–Crippen MR) is 152 cm³/mol. The van der Waals surface area contributed by atoms with Crippen LogP contribution in [0.4, 0.5) is 11.7 Å². The summed E-state index contributed by atoms with van der Waals surface area (Å²) in [5.74, 6) is -0.523. The van der Waals surface area contributed by atoms with Crippen molar-refractivity contribution >= 4 is 40.5 Å². The highest BCUT2D eigenvalue weighted by Gasteiger charge is 2.32. The Balaban J connectivity index is 1.47. The molecule has 0 aliphatic rings. The molecule has 2 heterocycles. The zero-order valence-electron chi connectivity index (χ0n) is 22.4. The molecule has 0 spiro atoms. The van der Waals surface area contributed by atoms with E-state index in [1.807, 2.05) is 48.5 Å². The summed E-state index contributed by atoms with van der Waals surface area (Å²) in [7, 11) is 1.72. The average Bonchev–Trinajstić information content (AvgIpc) is 2.92. The molecular weight excluding hydrogens is 494 g/mol. The number of carbonyl (C=O) groups is 2. The zero-order valence-corrected chi connectivity index (χ0v) is 22.4. The number of nitrogens with zero attached hydrogens (tertiary/aromatic N) is 3. The van der Waals surface area contributed by atoms with Gasteiger partial charge in [0, 0.05) is 43.7 Å². The third kappa shape index (κ3) is 6.75. The molecule has 0 aliphatic heterocycles. The van der Waals surface area contributed by atoms with Crippen LogP contribution >= 0.6 is 0 Å². The molecule has 0 unspecified atom stereocenters. The van der Waals surface area contributed by atoms with E-state index in [0.717, 1.165) is 11.3 Å². The monoisotopic (exact) mass is 525 g/mol. The average molecular weight is 526 g/mol. The van der Waals surface area contributed by atoms with Crippen molar-refractivity contribution in [3.8, 4) is 0 Å². The number of nitrogens with one attached hydrogen (secondary N) is 2. The van der Waals surface area contributed by atoms with Crippen LogP contribution in [0.3, 0.4) is 0 Å². The van der Waals surface area contributed by atoms with Crippen LogP contribution in [-0.4, -0.2) is 45.8 Å². The summed E-state index contributed by atoms with van der Waals surface area (Å²) < 4.78 is 5.45. The number of benzene rings is 2. The van der Waals surface area contributed by atoms with Gasteiger partial charge in [-0.3, -0.25) is 14.6 Å². The lowest BCUT2D eigenvalue weighted by atomic mass is 10.0. The molecule has 0 fully saturated rings. The maximum Gasteiger partial charge on any atom is 0.348 e. The number of fused-ring (bicyclic) bond motifs is 1. The lowest BCUT2D eigenvalue weighted by Gasteiger charge is -2.30. The Morgan fingerprint density at radius 2 is 1.79 bits per heavy atom. The minimum absolute atomic E-state index is 0.0639. The van der Waals surface area contributed by atoms with Gasteiger partial charge in [0.2, 0.25) is 11.8 Å². The molecule has 0 saturated carbocycles. The van der Waals surface area contributed by atoms with Crippen LogP contribution < -0.4 is 16.3 Å². The number of carbonyl (C=O) groups excluding carboxylic acids is 2. The number of likely N-dealkylation sites (N-methyl/N-ethyl adjacent to an activating group) is 1. The fourth-order valence-electron chi connectivity index (χ4n) is 4.15. The molecule has 4 rings (SSSR count). The van der Waals surface area contributed by atoms with E-state index in [9.17, 15) is 14.4 Å². The van der Waals surface area contributed by atoms with E-state index >= 15 is 0 Å². The van der Waals surface area contributed by atoms with Crippen molar-refractivity contribution in [2.75, 3.05) is 24.2 Å². The zero-order chi connectivity index (χ0) is 28.0. The number of hydrogen-bond donors (Lipinski definition) is 2. The molecule has 9 heteroatoms. The van der Waals surface area contributed by atoms with E-state index in [4.69, 9.17) is 4.42 Å². The van der Waals surface area contributed by atoms with Gasteiger partial charge in [-0.2, -0.15) is 4.98 Å². The fraction of sp³-hybridized carbons (Fsp3) is 0.233. The number of aryl methyl sites for hydroxylation is 1. The molecule has 200 valence electrons. The maximum absolute atomic E-state index is 13.1. The summed E-state index contributed by atoms with van der Waals surface area (Å²) in [4.78, 5) is 48.8. The SMILES string of the molecule is Cc1c(NC(=O)/C=C/c2ccccc2)ccc2nc(NC(C)(C)C(=O)N(C)CCc3ccccn3)oc(=O)c12. The summed E-state index contributed by atoms with van der Waals surface area (Å²) in [6, 6.07) is 18.4. The van der Waals surface area contributed by atoms with Crippen molar-refractivity contribution in [1.29, 1.82) is 0 Å². The molecule has 0 aliphatic carbocycles. The highest BCUT2D eigenvalue weighted by Crippen LogP contribution is 2.24. The van der Waals surface area contributed by atoms with Crippen LogP contribution in [0.15, 0.2) is 82.1 Å². The Labute approximate surface area is 226 Å². The Morgan fingerprint density at radius 3 is 2.51 bits per heavy atom. The Bertz CT molecular complexity index is 1560. The number of anilines is 2. The lowest BCUT2D eigenvalue weighted by Crippen LogP contribution is -2.49. The van der Waals surface area contributed by atoms with Crippen LogP contribution in [0.25, 0.3) is 17.0 Å². The first kappa shape index (κ1) is 27.3. The summed E-state index contributed by atoms with van der Waals surface area (Å²) >= 11 is 0. The Morgan fingerprint density at radius 1 is 1.05 bits per heavy atom. The summed E-state index contributed by atoms with van der Waals surface area (Å²) in [6.45, 7) is 5.59. The Kier molecular flexibility index (Phi) is 8.19. The number of pyridine rings is 1. The van der Waals surface area contributed by atoms with Crippen molar-refractivity contribution < 1.29 is 14.0 Å². The molecule has 9 nitrogen and oxygen atoms in total. The van der Waals surface area contributed by atoms with Gasteiger partial charge < -0.3 is 20.0 Å². The number of hydrogen-bond acceptors (Lipinski definition) is 7. The van der Waals surface area contributed by atoms with Gasteiger partial charge in [0.05, 0.1) is 10.9 Å². The molecular formula is C30H31N5O4. The fourth-order valence-corrected chi connectivity index (χ4v) is 4.15. The molecule has 0 atom stereocenters. The first-order valence-corrected chi connectivity index (χ1v) is 12.6. The first-order chi connectivity index (χ1) is 18.6. The van der Waals surface area contributed by atoms with Crippen LogP contribution in [0, 0.1) is 6.92 Å². The quantitative estimate of drug-likeness (QED) is 0.310. The molecule has 0 bridgehead atoms. The van der Waals surface area contributed by atoms with Crippen molar-refractivity contribution in [3.05, 3.63) is 100 Å². The molecule has 4 aromatic rings. The van der Waals surface area contributed by atoms with E-state index < -0.39 is 11.2 Å². The van der Waals surface area contributed by atoms with E-state index in [1.54, 1.807) is 57.1 Å². The van der Waals surface area contributed by atoms with Gasteiger partial charge in [-0.25, -0.2) is 4.79 Å². The second kappa shape index (κ2) is 11.7. The number of aromatic nitrogens is 2. The van der Waals surface area contributed by atoms with Gasteiger partial charge in [-0.1, -0.05) is 36.4 Å². The number of amides is 2. The van der Waals surface area contributed by atoms with Gasteiger partial charge in [0.25, 0.3) is 6.01 Å². The predicted octanol–water partition coefficient (Wildman–Crippen LogP) is 4.43. The van der Waals surface area contributed by atoms with Crippen molar-refractivity contribution in [2.45, 2.75) is 32.7 Å². The molecule has 2 aromatic carbocycles. The standard InChI is InChI=1S/C30H31N5O4/c1-20-23(32-25(36)16-13-21-10-6-5-7-11-21)14-15-24-26(20)27(37)39-29(33-24)34-30(2,3)28(38)35(4)19-17-22-12-8-9-18-31-22/h5-16,18H,17,19H2,1-4H3,(H,32,36)(H,33,34)/b16-13+. The van der Waals surface area contributed by atoms with E-state index in [0.29, 0.717) is 29.7 Å². The molecule has 0 radical (unpaired) electrons. The highest BCUT2D eigenvalue weighted by atomic mass is 16.4. The minimum Gasteiger partial charge on any atom is -0.389 e. The van der Waals surface area contributed by atoms with Crippen LogP contribution in [0.5, 0.6) is 0 Å². The van der Waals surface area contributed by atoms with Crippen LogP contribution in [0.2, 0.25) is 0 Å². The summed E-state index contributed by atoms with van der Waals surface area (Å²) in [5, 5.41) is 6.02. The van der Waals surface area contributed by atoms with Crippen LogP contribution in [-0.2, 0) is 16.0 Å². The smallest absolute Gasteiger partial charge is 0.348 e. The molecule has 2 amide bonds. The van der Waals surface area contributed by atoms with E-state index in [2.05, 4.69) is 20.6 Å². The van der Waals surface area contributed by atoms with Gasteiger partial charge >= 0.3 is 5.63 Å². The normalized spacial score (nSPS) is 11.5. The largest absolute Gasteiger partial charge is 0.389 e. The van der Waals surface area contributed by atoms with Gasteiger partial charge in [-0.05, 0) is 62.2 Å². The minimum atomic E-state index is -1.09. The first-order valence-electron chi connectivity index (χ1n) is 12.6. The van der Waals surface area contributed by atoms with Crippen molar-refractivity contribution in [2.24, 2.45) is 0 Å².